The summed E-state index contributed by atoms with van der Waals surface area (Å²) < 4.78 is 8.17. The SMILES string of the molecule is CCOC(=O)C1=C(C)N=c2sc(=Cc3ccc(N(CC)CC)cc3O)c(=O)n2[C@H]1c1ccc(Br)cc1. The molecule has 0 fully saturated rings. The number of allylic oxidation sites excluding steroid dienone is 1. The zero-order valence-electron chi connectivity index (χ0n) is 20.6. The van der Waals surface area contributed by atoms with Crippen LogP contribution in [0.15, 0.2) is 68.0 Å². The lowest BCUT2D eigenvalue weighted by atomic mass is 9.96. The molecule has 0 saturated heterocycles. The van der Waals surface area contributed by atoms with Crippen LogP contribution in [0.3, 0.4) is 0 Å². The first-order valence-corrected chi connectivity index (χ1v) is 13.4. The van der Waals surface area contributed by atoms with Crippen molar-refractivity contribution in [1.82, 2.24) is 4.57 Å². The summed E-state index contributed by atoms with van der Waals surface area (Å²) in [7, 11) is 0. The van der Waals surface area contributed by atoms with Crippen LogP contribution < -0.4 is 19.8 Å². The molecule has 0 unspecified atom stereocenters. The summed E-state index contributed by atoms with van der Waals surface area (Å²) in [4.78, 5) is 33.9. The molecule has 7 nitrogen and oxygen atoms in total. The van der Waals surface area contributed by atoms with Gasteiger partial charge in [-0.1, -0.05) is 39.4 Å². The molecule has 1 N–H and O–H groups in total. The van der Waals surface area contributed by atoms with Crippen LogP contribution in [-0.2, 0) is 9.53 Å². The van der Waals surface area contributed by atoms with Gasteiger partial charge in [0.2, 0.25) is 0 Å². The molecule has 0 amide bonds. The van der Waals surface area contributed by atoms with E-state index in [0.717, 1.165) is 28.8 Å². The number of hydrogen-bond donors (Lipinski definition) is 1. The second-order valence-corrected chi connectivity index (χ2v) is 10.2. The summed E-state index contributed by atoms with van der Waals surface area (Å²) in [6, 6.07) is 12.3. The summed E-state index contributed by atoms with van der Waals surface area (Å²) in [5.74, 6) is -0.399. The molecule has 36 heavy (non-hydrogen) atoms. The van der Waals surface area contributed by atoms with Crippen molar-refractivity contribution in [2.45, 2.75) is 33.7 Å². The average Bonchev–Trinajstić information content (AvgIpc) is 3.15. The number of carbonyl (C=O) groups excluding carboxylic acids is 1. The lowest BCUT2D eigenvalue weighted by molar-refractivity contribution is -0.139. The van der Waals surface area contributed by atoms with E-state index >= 15 is 0 Å². The number of carbonyl (C=O) groups is 1. The quantitative estimate of drug-likeness (QED) is 0.433. The van der Waals surface area contributed by atoms with E-state index < -0.39 is 12.0 Å². The Morgan fingerprint density at radius 3 is 2.50 bits per heavy atom. The third kappa shape index (κ3) is 4.90. The Hall–Kier alpha value is -3.17. The number of rotatable bonds is 7. The maximum Gasteiger partial charge on any atom is 0.338 e. The van der Waals surface area contributed by atoms with Crippen LogP contribution in [0.25, 0.3) is 6.08 Å². The predicted octanol–water partition coefficient (Wildman–Crippen LogP) is 4.11. The Morgan fingerprint density at radius 1 is 1.19 bits per heavy atom. The summed E-state index contributed by atoms with van der Waals surface area (Å²) in [6.07, 6.45) is 1.67. The molecule has 0 aliphatic carbocycles. The van der Waals surface area contributed by atoms with Crippen LogP contribution in [-0.4, -0.2) is 35.3 Å². The van der Waals surface area contributed by atoms with Crippen molar-refractivity contribution in [3.63, 3.8) is 0 Å². The number of aromatic hydroxyl groups is 1. The monoisotopic (exact) mass is 569 g/mol. The molecule has 0 radical (unpaired) electrons. The largest absolute Gasteiger partial charge is 0.507 e. The Balaban J connectivity index is 1.88. The highest BCUT2D eigenvalue weighted by Crippen LogP contribution is 2.31. The van der Waals surface area contributed by atoms with Gasteiger partial charge in [-0.3, -0.25) is 9.36 Å². The fourth-order valence-electron chi connectivity index (χ4n) is 4.33. The first-order chi connectivity index (χ1) is 17.3. The van der Waals surface area contributed by atoms with Gasteiger partial charge in [-0.2, -0.15) is 0 Å². The number of fused-ring (bicyclic) bond motifs is 1. The third-order valence-electron chi connectivity index (χ3n) is 6.13. The van der Waals surface area contributed by atoms with Crippen molar-refractivity contribution in [2.75, 3.05) is 24.6 Å². The van der Waals surface area contributed by atoms with Gasteiger partial charge in [-0.25, -0.2) is 9.79 Å². The molecule has 0 spiro atoms. The van der Waals surface area contributed by atoms with Crippen molar-refractivity contribution < 1.29 is 14.6 Å². The summed E-state index contributed by atoms with van der Waals surface area (Å²) in [5.41, 5.74) is 2.80. The number of hydrogen-bond acceptors (Lipinski definition) is 7. The van der Waals surface area contributed by atoms with Gasteiger partial charge in [0, 0.05) is 34.9 Å². The molecule has 9 heteroatoms. The first kappa shape index (κ1) is 25.9. The highest BCUT2D eigenvalue weighted by atomic mass is 79.9. The minimum absolute atomic E-state index is 0.0955. The van der Waals surface area contributed by atoms with Crippen LogP contribution >= 0.6 is 27.3 Å². The van der Waals surface area contributed by atoms with Gasteiger partial charge in [-0.05, 0) is 63.6 Å². The summed E-state index contributed by atoms with van der Waals surface area (Å²) in [5, 5.41) is 10.7. The van der Waals surface area contributed by atoms with E-state index in [1.807, 2.05) is 36.4 Å². The Morgan fingerprint density at radius 2 is 1.89 bits per heavy atom. The molecule has 1 atom stereocenters. The molecule has 1 aromatic heterocycles. The molecule has 0 bridgehead atoms. The predicted molar refractivity (Wildman–Crippen MR) is 146 cm³/mol. The van der Waals surface area contributed by atoms with Crippen LogP contribution in [0.4, 0.5) is 5.69 Å². The molecule has 188 valence electrons. The molecule has 2 aromatic carbocycles. The Kier molecular flexibility index (Phi) is 7.80. The van der Waals surface area contributed by atoms with E-state index in [-0.39, 0.29) is 17.9 Å². The van der Waals surface area contributed by atoms with Gasteiger partial charge in [0.25, 0.3) is 5.56 Å². The maximum absolute atomic E-state index is 13.7. The number of anilines is 1. The van der Waals surface area contributed by atoms with E-state index in [4.69, 9.17) is 4.74 Å². The second-order valence-electron chi connectivity index (χ2n) is 8.27. The Bertz CT molecular complexity index is 1500. The number of esters is 1. The van der Waals surface area contributed by atoms with Crippen molar-refractivity contribution in [3.05, 3.63) is 89.0 Å². The molecule has 3 aromatic rings. The van der Waals surface area contributed by atoms with Gasteiger partial charge in [0.1, 0.15) is 5.75 Å². The lowest BCUT2D eigenvalue weighted by Gasteiger charge is -2.24. The number of aromatic nitrogens is 1. The van der Waals surface area contributed by atoms with Gasteiger partial charge in [0.05, 0.1) is 28.5 Å². The van der Waals surface area contributed by atoms with Crippen molar-refractivity contribution >= 4 is 45.0 Å². The van der Waals surface area contributed by atoms with Crippen molar-refractivity contribution in [3.8, 4) is 5.75 Å². The zero-order chi connectivity index (χ0) is 26.0. The van der Waals surface area contributed by atoms with Gasteiger partial charge in [-0.15, -0.1) is 0 Å². The van der Waals surface area contributed by atoms with Crippen molar-refractivity contribution in [1.29, 1.82) is 0 Å². The Labute approximate surface area is 221 Å². The molecule has 4 rings (SSSR count). The molecule has 1 aliphatic heterocycles. The van der Waals surface area contributed by atoms with E-state index in [1.165, 1.54) is 11.3 Å². The molecule has 2 heterocycles. The topological polar surface area (TPSA) is 84.1 Å². The van der Waals surface area contributed by atoms with E-state index in [9.17, 15) is 14.7 Å². The number of phenols is 1. The van der Waals surface area contributed by atoms with Gasteiger partial charge >= 0.3 is 5.97 Å². The summed E-state index contributed by atoms with van der Waals surface area (Å²) in [6.45, 7) is 9.49. The normalized spacial score (nSPS) is 15.5. The van der Waals surface area contributed by atoms with E-state index in [2.05, 4.69) is 39.7 Å². The van der Waals surface area contributed by atoms with Crippen molar-refractivity contribution in [2.24, 2.45) is 4.99 Å². The zero-order valence-corrected chi connectivity index (χ0v) is 23.0. The molecule has 1 aliphatic rings. The highest BCUT2D eigenvalue weighted by Gasteiger charge is 2.33. The number of halogens is 1. The van der Waals surface area contributed by atoms with Gasteiger partial charge < -0.3 is 14.7 Å². The minimum Gasteiger partial charge on any atom is -0.507 e. The van der Waals surface area contributed by atoms with E-state index in [1.54, 1.807) is 30.6 Å². The fourth-order valence-corrected chi connectivity index (χ4v) is 5.63. The number of ether oxygens (including phenoxy) is 1. The number of thiazole rings is 1. The second kappa shape index (κ2) is 10.8. The molecular formula is C27H28BrN3O4S. The van der Waals surface area contributed by atoms with Gasteiger partial charge in [0.15, 0.2) is 4.80 Å². The number of phenolic OH excluding ortho intramolecular Hbond substituents is 1. The maximum atomic E-state index is 13.7. The van der Waals surface area contributed by atoms with E-state index in [0.29, 0.717) is 26.2 Å². The lowest BCUT2D eigenvalue weighted by Crippen LogP contribution is -2.39. The van der Waals surface area contributed by atoms with Crippen LogP contribution in [0.5, 0.6) is 5.75 Å². The fraction of sp³-hybridized carbons (Fsp3) is 0.296. The highest BCUT2D eigenvalue weighted by molar-refractivity contribution is 9.10. The minimum atomic E-state index is -0.672. The average molecular weight is 571 g/mol. The van der Waals surface area contributed by atoms with Crippen LogP contribution in [0, 0.1) is 0 Å². The number of nitrogens with zero attached hydrogens (tertiary/aromatic N) is 3. The standard InChI is InChI=1S/C27H28BrN3O4S/c1-5-30(6-2)20-13-10-18(21(32)15-20)14-22-25(33)31-24(17-8-11-19(28)12-9-17)23(26(34)35-7-3)16(4)29-27(31)36-22/h8-15,24,32H,5-7H2,1-4H3/t24-/m0/s1. The smallest absolute Gasteiger partial charge is 0.338 e. The first-order valence-electron chi connectivity index (χ1n) is 11.8. The molecular weight excluding hydrogens is 542 g/mol. The summed E-state index contributed by atoms with van der Waals surface area (Å²) >= 11 is 4.68. The third-order valence-corrected chi connectivity index (χ3v) is 7.64. The number of benzene rings is 2. The molecule has 0 saturated carbocycles. The van der Waals surface area contributed by atoms with Crippen LogP contribution in [0.1, 0.15) is 44.9 Å². The van der Waals surface area contributed by atoms with Crippen LogP contribution in [0.2, 0.25) is 0 Å².